The SMILES string of the molecule is CN(C(=S)c1ccc(N)cc1)C1CCN(C2CCCCC2)C1.O=C(O)/C=C\C(=O)O. The third kappa shape index (κ3) is 7.42. The van der Waals surface area contributed by atoms with Gasteiger partial charge < -0.3 is 20.8 Å². The van der Waals surface area contributed by atoms with Crippen LogP contribution in [-0.4, -0.2) is 69.2 Å². The molecule has 1 saturated carbocycles. The summed E-state index contributed by atoms with van der Waals surface area (Å²) in [5, 5.41) is 15.6. The highest BCUT2D eigenvalue weighted by molar-refractivity contribution is 7.80. The first-order valence-electron chi connectivity index (χ1n) is 10.3. The van der Waals surface area contributed by atoms with E-state index in [9.17, 15) is 9.59 Å². The van der Waals surface area contributed by atoms with Crippen molar-refractivity contribution in [3.05, 3.63) is 42.0 Å². The number of carboxylic acids is 2. The second-order valence-corrected chi connectivity index (χ2v) is 8.16. The van der Waals surface area contributed by atoms with E-state index in [1.165, 1.54) is 45.1 Å². The van der Waals surface area contributed by atoms with Gasteiger partial charge in [0, 0.05) is 55.6 Å². The van der Waals surface area contributed by atoms with E-state index >= 15 is 0 Å². The molecule has 7 nitrogen and oxygen atoms in total. The normalized spacial score (nSPS) is 19.8. The molecule has 164 valence electrons. The molecule has 2 fully saturated rings. The third-order valence-electron chi connectivity index (χ3n) is 5.68. The fourth-order valence-corrected chi connectivity index (χ4v) is 4.28. The zero-order valence-electron chi connectivity index (χ0n) is 17.4. The van der Waals surface area contributed by atoms with Crippen molar-refractivity contribution in [3.8, 4) is 0 Å². The molecule has 1 heterocycles. The molecule has 1 aromatic carbocycles. The minimum absolute atomic E-state index is 0.548. The Balaban J connectivity index is 0.000000343. The monoisotopic (exact) mass is 433 g/mol. The van der Waals surface area contributed by atoms with Crippen molar-refractivity contribution in [3.63, 3.8) is 0 Å². The number of anilines is 1. The molecule has 4 N–H and O–H groups in total. The van der Waals surface area contributed by atoms with Crippen molar-refractivity contribution < 1.29 is 19.8 Å². The van der Waals surface area contributed by atoms with Crippen LogP contribution >= 0.6 is 12.2 Å². The summed E-state index contributed by atoms with van der Waals surface area (Å²) < 4.78 is 0. The van der Waals surface area contributed by atoms with Gasteiger partial charge >= 0.3 is 11.9 Å². The minimum atomic E-state index is -1.26. The molecule has 1 saturated heterocycles. The van der Waals surface area contributed by atoms with Crippen LogP contribution in [0.5, 0.6) is 0 Å². The Bertz CT molecular complexity index is 744. The number of nitrogens with zero attached hydrogens (tertiary/aromatic N) is 2. The molecule has 0 spiro atoms. The Morgan fingerprint density at radius 1 is 1.07 bits per heavy atom. The smallest absolute Gasteiger partial charge is 0.328 e. The molecule has 0 aromatic heterocycles. The Labute approximate surface area is 183 Å². The van der Waals surface area contributed by atoms with Crippen molar-refractivity contribution in [1.29, 1.82) is 0 Å². The van der Waals surface area contributed by atoms with Gasteiger partial charge in [-0.05, 0) is 43.5 Å². The second-order valence-electron chi connectivity index (χ2n) is 7.78. The molecular weight excluding hydrogens is 402 g/mol. The van der Waals surface area contributed by atoms with Gasteiger partial charge in [0.1, 0.15) is 4.99 Å². The van der Waals surface area contributed by atoms with Gasteiger partial charge in [0.05, 0.1) is 0 Å². The van der Waals surface area contributed by atoms with Gasteiger partial charge in [-0.1, -0.05) is 31.5 Å². The van der Waals surface area contributed by atoms with Gasteiger partial charge in [-0.25, -0.2) is 9.59 Å². The average Bonchev–Trinajstić information content (AvgIpc) is 3.23. The third-order valence-corrected chi connectivity index (χ3v) is 6.20. The predicted octanol–water partition coefficient (Wildman–Crippen LogP) is 2.99. The molecule has 0 amide bonds. The van der Waals surface area contributed by atoms with Crippen molar-refractivity contribution in [2.75, 3.05) is 25.9 Å². The lowest BCUT2D eigenvalue weighted by Gasteiger charge is -2.32. The van der Waals surface area contributed by atoms with Gasteiger partial charge in [0.2, 0.25) is 0 Å². The number of hydrogen-bond donors (Lipinski definition) is 3. The van der Waals surface area contributed by atoms with E-state index in [0.29, 0.717) is 18.2 Å². The van der Waals surface area contributed by atoms with Gasteiger partial charge in [-0.15, -0.1) is 0 Å². The van der Waals surface area contributed by atoms with Crippen LogP contribution in [0.15, 0.2) is 36.4 Å². The van der Waals surface area contributed by atoms with Crippen LogP contribution in [0.2, 0.25) is 0 Å². The number of nitrogen functional groups attached to an aromatic ring is 1. The van der Waals surface area contributed by atoms with Crippen LogP contribution in [0, 0.1) is 0 Å². The Morgan fingerprint density at radius 3 is 2.17 bits per heavy atom. The number of nitrogens with two attached hydrogens (primary N) is 1. The maximum atomic E-state index is 9.55. The Morgan fingerprint density at radius 2 is 1.63 bits per heavy atom. The van der Waals surface area contributed by atoms with Crippen molar-refractivity contribution in [2.45, 2.75) is 50.6 Å². The van der Waals surface area contributed by atoms with Crippen molar-refractivity contribution in [1.82, 2.24) is 9.80 Å². The molecule has 0 radical (unpaired) electrons. The van der Waals surface area contributed by atoms with Crippen LogP contribution in [0.25, 0.3) is 0 Å². The van der Waals surface area contributed by atoms with Crippen molar-refractivity contribution in [2.24, 2.45) is 0 Å². The number of aliphatic carboxylic acids is 2. The molecule has 1 aliphatic heterocycles. The Kier molecular flexibility index (Phi) is 9.26. The predicted molar refractivity (Wildman–Crippen MR) is 122 cm³/mol. The van der Waals surface area contributed by atoms with E-state index in [0.717, 1.165) is 28.8 Å². The van der Waals surface area contributed by atoms with E-state index < -0.39 is 11.9 Å². The van der Waals surface area contributed by atoms with Crippen LogP contribution in [-0.2, 0) is 9.59 Å². The maximum absolute atomic E-state index is 9.55. The van der Waals surface area contributed by atoms with Gasteiger partial charge in [0.15, 0.2) is 0 Å². The number of likely N-dealkylation sites (tertiary alicyclic amines) is 1. The standard InChI is InChI=1S/C18H27N3S.C4H4O4/c1-20(18(22)14-7-9-15(19)10-8-14)17-11-12-21(13-17)16-5-3-2-4-6-16;5-3(6)1-2-4(7)8/h7-10,16-17H,2-6,11-13,19H2,1H3;1-2H,(H,5,6)(H,7,8)/b;2-1-. The first kappa shape index (κ1) is 23.8. The van der Waals surface area contributed by atoms with E-state index in [4.69, 9.17) is 28.2 Å². The molecule has 3 rings (SSSR count). The van der Waals surface area contributed by atoms with Gasteiger partial charge in [-0.2, -0.15) is 0 Å². The van der Waals surface area contributed by atoms with Crippen LogP contribution in [0.4, 0.5) is 5.69 Å². The zero-order valence-corrected chi connectivity index (χ0v) is 18.2. The quantitative estimate of drug-likeness (QED) is 0.370. The summed E-state index contributed by atoms with van der Waals surface area (Å²) >= 11 is 5.68. The zero-order chi connectivity index (χ0) is 22.1. The van der Waals surface area contributed by atoms with Gasteiger partial charge in [-0.3, -0.25) is 4.90 Å². The lowest BCUT2D eigenvalue weighted by Crippen LogP contribution is -2.41. The summed E-state index contributed by atoms with van der Waals surface area (Å²) in [6, 6.07) is 9.28. The highest BCUT2D eigenvalue weighted by atomic mass is 32.1. The molecule has 1 aliphatic carbocycles. The average molecular weight is 434 g/mol. The second kappa shape index (κ2) is 11.7. The number of likely N-dealkylation sites (N-methyl/N-ethyl adjacent to an activating group) is 1. The number of thiocarbonyl (C=S) groups is 1. The number of rotatable bonds is 5. The molecule has 1 atom stereocenters. The number of hydrogen-bond acceptors (Lipinski definition) is 5. The van der Waals surface area contributed by atoms with Crippen LogP contribution in [0.3, 0.4) is 0 Å². The lowest BCUT2D eigenvalue weighted by atomic mass is 9.94. The van der Waals surface area contributed by atoms with Crippen molar-refractivity contribution >= 4 is 34.8 Å². The largest absolute Gasteiger partial charge is 0.478 e. The fourth-order valence-electron chi connectivity index (χ4n) is 4.00. The van der Waals surface area contributed by atoms with E-state index in [1.54, 1.807) is 0 Å². The molecule has 1 unspecified atom stereocenters. The molecule has 1 aromatic rings. The molecule has 30 heavy (non-hydrogen) atoms. The molecular formula is C22H31N3O4S. The first-order chi connectivity index (χ1) is 14.3. The van der Waals surface area contributed by atoms with Crippen LogP contribution < -0.4 is 5.73 Å². The maximum Gasteiger partial charge on any atom is 0.328 e. The van der Waals surface area contributed by atoms with Gasteiger partial charge in [0.25, 0.3) is 0 Å². The summed E-state index contributed by atoms with van der Waals surface area (Å²) in [7, 11) is 2.15. The Hall–Kier alpha value is -2.45. The minimum Gasteiger partial charge on any atom is -0.478 e. The lowest BCUT2D eigenvalue weighted by molar-refractivity contribution is -0.134. The highest BCUT2D eigenvalue weighted by Crippen LogP contribution is 2.27. The topological polar surface area (TPSA) is 107 Å². The highest BCUT2D eigenvalue weighted by Gasteiger charge is 2.31. The summed E-state index contributed by atoms with van der Waals surface area (Å²) in [4.78, 5) is 25.0. The van der Waals surface area contributed by atoms with E-state index in [-0.39, 0.29) is 0 Å². The number of carbonyl (C=O) groups is 2. The summed E-state index contributed by atoms with van der Waals surface area (Å²) in [6.45, 7) is 2.39. The fraction of sp³-hybridized carbons (Fsp3) is 0.500. The summed E-state index contributed by atoms with van der Waals surface area (Å²) in [5.41, 5.74) is 7.65. The summed E-state index contributed by atoms with van der Waals surface area (Å²) in [5.74, 6) is -2.51. The van der Waals surface area contributed by atoms with E-state index in [1.807, 2.05) is 24.3 Å². The molecule has 2 aliphatic rings. The van der Waals surface area contributed by atoms with Crippen LogP contribution in [0.1, 0.15) is 44.1 Å². The molecule has 8 heteroatoms. The number of carboxylic acid groups (broad SMARTS) is 2. The molecule has 0 bridgehead atoms. The summed E-state index contributed by atoms with van der Waals surface area (Å²) in [6.07, 6.45) is 9.36. The van der Waals surface area contributed by atoms with E-state index in [2.05, 4.69) is 16.8 Å². The first-order valence-corrected chi connectivity index (χ1v) is 10.7. The number of benzene rings is 1.